The van der Waals surface area contributed by atoms with Crippen molar-refractivity contribution in [2.45, 2.75) is 26.3 Å². The van der Waals surface area contributed by atoms with Crippen LogP contribution < -0.4 is 11.1 Å². The Morgan fingerprint density at radius 1 is 1.65 bits per heavy atom. The first-order chi connectivity index (χ1) is 8.13. The number of hydrogen-bond acceptors (Lipinski definition) is 3. The zero-order chi connectivity index (χ0) is 12.7. The molecule has 3 N–H and O–H groups in total. The van der Waals surface area contributed by atoms with Crippen molar-refractivity contribution in [3.05, 3.63) is 0 Å². The largest absolute Gasteiger partial charge is 0.383 e. The van der Waals surface area contributed by atoms with Crippen LogP contribution >= 0.6 is 0 Å². The van der Waals surface area contributed by atoms with Gasteiger partial charge >= 0.3 is 0 Å². The molecule has 1 aliphatic heterocycles. The molecular formula is C12H25N3O2. The van der Waals surface area contributed by atoms with E-state index in [1.807, 2.05) is 6.92 Å². The van der Waals surface area contributed by atoms with Crippen LogP contribution in [0.4, 0.5) is 0 Å². The molecular weight excluding hydrogens is 218 g/mol. The van der Waals surface area contributed by atoms with Crippen LogP contribution in [0.25, 0.3) is 0 Å². The Balaban J connectivity index is 2.30. The first kappa shape index (κ1) is 14.3. The molecule has 3 atom stereocenters. The SMILES string of the molecule is COCC(C)NC(N)=NCC1CCOCC1C. The van der Waals surface area contributed by atoms with E-state index >= 15 is 0 Å². The van der Waals surface area contributed by atoms with E-state index in [2.05, 4.69) is 17.2 Å². The molecule has 0 saturated carbocycles. The van der Waals surface area contributed by atoms with Gasteiger partial charge in [0.05, 0.1) is 6.61 Å². The summed E-state index contributed by atoms with van der Waals surface area (Å²) >= 11 is 0. The number of nitrogens with two attached hydrogens (primary N) is 1. The van der Waals surface area contributed by atoms with Crippen LogP contribution in [-0.2, 0) is 9.47 Å². The van der Waals surface area contributed by atoms with Crippen molar-refractivity contribution in [3.8, 4) is 0 Å². The number of methoxy groups -OCH3 is 1. The fraction of sp³-hybridized carbons (Fsp3) is 0.917. The van der Waals surface area contributed by atoms with Crippen LogP contribution in [0.3, 0.4) is 0 Å². The smallest absolute Gasteiger partial charge is 0.188 e. The topological polar surface area (TPSA) is 68.9 Å². The lowest BCUT2D eigenvalue weighted by Crippen LogP contribution is -2.41. The second-order valence-electron chi connectivity index (χ2n) is 4.83. The summed E-state index contributed by atoms with van der Waals surface area (Å²) in [5, 5.41) is 3.11. The zero-order valence-corrected chi connectivity index (χ0v) is 11.1. The van der Waals surface area contributed by atoms with Crippen LogP contribution in [0.5, 0.6) is 0 Å². The number of guanidine groups is 1. The van der Waals surface area contributed by atoms with Gasteiger partial charge in [0.25, 0.3) is 0 Å². The minimum absolute atomic E-state index is 0.191. The monoisotopic (exact) mass is 243 g/mol. The Bertz CT molecular complexity index is 246. The predicted octanol–water partition coefficient (Wildman–Crippen LogP) is 0.598. The molecule has 1 saturated heterocycles. The molecule has 5 heteroatoms. The lowest BCUT2D eigenvalue weighted by Gasteiger charge is -2.27. The summed E-state index contributed by atoms with van der Waals surface area (Å²) in [4.78, 5) is 4.39. The van der Waals surface area contributed by atoms with Gasteiger partial charge in [-0.3, -0.25) is 4.99 Å². The van der Waals surface area contributed by atoms with Crippen molar-refractivity contribution in [2.24, 2.45) is 22.6 Å². The first-order valence-corrected chi connectivity index (χ1v) is 6.26. The summed E-state index contributed by atoms with van der Waals surface area (Å²) in [6, 6.07) is 0.191. The van der Waals surface area contributed by atoms with Crippen molar-refractivity contribution in [1.82, 2.24) is 5.32 Å². The van der Waals surface area contributed by atoms with Crippen LogP contribution in [-0.4, -0.2) is 45.5 Å². The van der Waals surface area contributed by atoms with Gasteiger partial charge in [-0.1, -0.05) is 6.92 Å². The first-order valence-electron chi connectivity index (χ1n) is 6.26. The van der Waals surface area contributed by atoms with E-state index in [1.165, 1.54) is 0 Å². The highest BCUT2D eigenvalue weighted by Crippen LogP contribution is 2.21. The maximum atomic E-state index is 5.82. The highest BCUT2D eigenvalue weighted by atomic mass is 16.5. The van der Waals surface area contributed by atoms with Crippen molar-refractivity contribution >= 4 is 5.96 Å². The summed E-state index contributed by atoms with van der Waals surface area (Å²) in [6.45, 7) is 7.32. The second-order valence-corrected chi connectivity index (χ2v) is 4.83. The maximum absolute atomic E-state index is 5.82. The predicted molar refractivity (Wildman–Crippen MR) is 69.1 cm³/mol. The van der Waals surface area contributed by atoms with Crippen molar-refractivity contribution < 1.29 is 9.47 Å². The number of hydrogen-bond donors (Lipinski definition) is 2. The van der Waals surface area contributed by atoms with E-state index in [9.17, 15) is 0 Å². The van der Waals surface area contributed by atoms with Gasteiger partial charge in [-0.15, -0.1) is 0 Å². The molecule has 5 nitrogen and oxygen atoms in total. The Morgan fingerprint density at radius 3 is 3.06 bits per heavy atom. The van der Waals surface area contributed by atoms with E-state index in [-0.39, 0.29) is 6.04 Å². The fourth-order valence-electron chi connectivity index (χ4n) is 2.00. The number of aliphatic imine (C=N–C) groups is 1. The molecule has 1 rings (SSSR count). The van der Waals surface area contributed by atoms with Gasteiger partial charge in [0, 0.05) is 32.9 Å². The molecule has 0 spiro atoms. The highest BCUT2D eigenvalue weighted by molar-refractivity contribution is 5.78. The van der Waals surface area contributed by atoms with Crippen LogP contribution in [0.2, 0.25) is 0 Å². The third-order valence-corrected chi connectivity index (χ3v) is 3.13. The molecule has 3 unspecified atom stereocenters. The average Bonchev–Trinajstić information content (AvgIpc) is 2.28. The minimum Gasteiger partial charge on any atom is -0.383 e. The molecule has 0 aliphatic carbocycles. The number of nitrogens with one attached hydrogen (secondary N) is 1. The standard InChI is InChI=1S/C12H25N3O2/c1-9-7-17-5-4-11(9)6-14-12(13)15-10(2)8-16-3/h9-11H,4-8H2,1-3H3,(H3,13,14,15). The maximum Gasteiger partial charge on any atom is 0.188 e. The quantitative estimate of drug-likeness (QED) is 0.548. The summed E-state index contributed by atoms with van der Waals surface area (Å²) in [6.07, 6.45) is 1.07. The lowest BCUT2D eigenvalue weighted by molar-refractivity contribution is 0.0273. The summed E-state index contributed by atoms with van der Waals surface area (Å²) < 4.78 is 10.4. The van der Waals surface area contributed by atoms with Crippen LogP contribution in [0.15, 0.2) is 4.99 Å². The molecule has 0 aromatic heterocycles. The third-order valence-electron chi connectivity index (χ3n) is 3.13. The number of ether oxygens (including phenoxy) is 2. The third kappa shape index (κ3) is 5.37. The molecule has 1 fully saturated rings. The van der Waals surface area contributed by atoms with Crippen molar-refractivity contribution in [3.63, 3.8) is 0 Å². The lowest BCUT2D eigenvalue weighted by atomic mass is 9.90. The van der Waals surface area contributed by atoms with E-state index < -0.39 is 0 Å². The molecule has 0 amide bonds. The minimum atomic E-state index is 0.191. The van der Waals surface area contributed by atoms with Crippen molar-refractivity contribution in [1.29, 1.82) is 0 Å². The Morgan fingerprint density at radius 2 is 2.41 bits per heavy atom. The van der Waals surface area contributed by atoms with Gasteiger partial charge < -0.3 is 20.5 Å². The van der Waals surface area contributed by atoms with Crippen LogP contribution in [0, 0.1) is 11.8 Å². The average molecular weight is 243 g/mol. The molecule has 0 radical (unpaired) electrons. The van der Waals surface area contributed by atoms with Gasteiger partial charge in [0.2, 0.25) is 0 Å². The van der Waals surface area contributed by atoms with Gasteiger partial charge in [0.1, 0.15) is 0 Å². The van der Waals surface area contributed by atoms with E-state index in [1.54, 1.807) is 7.11 Å². The van der Waals surface area contributed by atoms with E-state index in [4.69, 9.17) is 15.2 Å². The normalized spacial score (nSPS) is 27.8. The highest BCUT2D eigenvalue weighted by Gasteiger charge is 2.21. The van der Waals surface area contributed by atoms with Gasteiger partial charge in [-0.25, -0.2) is 0 Å². The molecule has 1 aliphatic rings. The summed E-state index contributed by atoms with van der Waals surface area (Å²) in [7, 11) is 1.68. The zero-order valence-electron chi connectivity index (χ0n) is 11.1. The molecule has 0 aromatic rings. The second kappa shape index (κ2) is 7.50. The summed E-state index contributed by atoms with van der Waals surface area (Å²) in [5.41, 5.74) is 5.82. The van der Waals surface area contributed by atoms with Crippen LogP contribution in [0.1, 0.15) is 20.3 Å². The number of nitrogens with zero attached hydrogens (tertiary/aromatic N) is 1. The molecule has 100 valence electrons. The summed E-state index contributed by atoms with van der Waals surface area (Å²) in [5.74, 6) is 1.66. The van der Waals surface area contributed by atoms with E-state index in [0.717, 1.165) is 26.2 Å². The molecule has 1 heterocycles. The van der Waals surface area contributed by atoms with Gasteiger partial charge in [-0.2, -0.15) is 0 Å². The Hall–Kier alpha value is -0.810. The molecule has 0 bridgehead atoms. The molecule has 0 aromatic carbocycles. The van der Waals surface area contributed by atoms with Crippen molar-refractivity contribution in [2.75, 3.05) is 33.5 Å². The van der Waals surface area contributed by atoms with E-state index in [0.29, 0.717) is 24.4 Å². The number of rotatable bonds is 5. The Kier molecular flexibility index (Phi) is 6.29. The van der Waals surface area contributed by atoms with Gasteiger partial charge in [-0.05, 0) is 25.2 Å². The molecule has 17 heavy (non-hydrogen) atoms. The fourth-order valence-corrected chi connectivity index (χ4v) is 2.00. The Labute approximate surface area is 104 Å². The van der Waals surface area contributed by atoms with Gasteiger partial charge in [0.15, 0.2) is 5.96 Å².